The van der Waals surface area contributed by atoms with Gasteiger partial charge in [0.25, 0.3) is 0 Å². The van der Waals surface area contributed by atoms with E-state index in [0.29, 0.717) is 13.2 Å². The molecule has 15 heavy (non-hydrogen) atoms. The summed E-state index contributed by atoms with van der Waals surface area (Å²) in [6, 6.07) is 10.8. The van der Waals surface area contributed by atoms with Gasteiger partial charge in [0, 0.05) is 0 Å². The monoisotopic (exact) mass is 278 g/mol. The molecule has 0 bridgehead atoms. The van der Waals surface area contributed by atoms with E-state index in [1.807, 2.05) is 24.3 Å². The van der Waals surface area contributed by atoms with Crippen LogP contribution in [-0.2, 0) is 11.3 Å². The van der Waals surface area contributed by atoms with Gasteiger partial charge in [-0.25, -0.2) is 0 Å². The van der Waals surface area contributed by atoms with Crippen LogP contribution < -0.4 is 17.0 Å². The van der Waals surface area contributed by atoms with Crippen molar-refractivity contribution in [2.45, 2.75) is 20.0 Å². The molecular formula is C12H15BrMgO. The predicted octanol–water partition coefficient (Wildman–Crippen LogP) is -0.407. The van der Waals surface area contributed by atoms with Crippen molar-refractivity contribution in [2.24, 2.45) is 0 Å². The fourth-order valence-corrected chi connectivity index (χ4v) is 0.997. The molecule has 0 aliphatic heterocycles. The van der Waals surface area contributed by atoms with Crippen LogP contribution in [0, 0.1) is 6.07 Å². The Kier molecular flexibility index (Phi) is 14.3. The van der Waals surface area contributed by atoms with Gasteiger partial charge in [-0.05, 0) is 6.42 Å². The summed E-state index contributed by atoms with van der Waals surface area (Å²) in [5.41, 5.74) is 1.20. The van der Waals surface area contributed by atoms with Gasteiger partial charge in [-0.1, -0.05) is 19.1 Å². The molecule has 0 aromatic heterocycles. The smallest absolute Gasteiger partial charge is 1.00 e. The first-order valence-electron chi connectivity index (χ1n) is 4.61. The van der Waals surface area contributed by atoms with Gasteiger partial charge >= 0.3 is 23.1 Å². The molecule has 0 spiro atoms. The van der Waals surface area contributed by atoms with E-state index in [4.69, 9.17) is 4.74 Å². The maximum Gasteiger partial charge on any atom is 2.00 e. The van der Waals surface area contributed by atoms with E-state index >= 15 is 0 Å². The molecule has 1 nitrogen and oxygen atoms in total. The van der Waals surface area contributed by atoms with Crippen LogP contribution in [0.5, 0.6) is 0 Å². The van der Waals surface area contributed by atoms with Crippen LogP contribution >= 0.6 is 0 Å². The molecule has 0 aliphatic carbocycles. The van der Waals surface area contributed by atoms with Crippen molar-refractivity contribution >= 4 is 23.1 Å². The minimum absolute atomic E-state index is 0. The molecule has 0 heterocycles. The van der Waals surface area contributed by atoms with Crippen LogP contribution in [0.2, 0.25) is 0 Å². The second-order valence-electron chi connectivity index (χ2n) is 2.80. The average Bonchev–Trinajstić information content (AvgIpc) is 2.19. The summed E-state index contributed by atoms with van der Waals surface area (Å²) in [6.45, 7) is 3.50. The first kappa shape index (κ1) is 17.6. The van der Waals surface area contributed by atoms with Crippen LogP contribution in [0.15, 0.2) is 36.4 Å². The molecule has 0 saturated carbocycles. The van der Waals surface area contributed by atoms with Crippen molar-refractivity contribution < 1.29 is 21.7 Å². The summed E-state index contributed by atoms with van der Waals surface area (Å²) in [4.78, 5) is 0. The van der Waals surface area contributed by atoms with Gasteiger partial charge in [-0.15, -0.1) is 5.56 Å². The minimum Gasteiger partial charge on any atom is -1.00 e. The second kappa shape index (κ2) is 12.2. The maximum absolute atomic E-state index is 5.42. The van der Waals surface area contributed by atoms with E-state index in [0.717, 1.165) is 6.42 Å². The molecule has 0 aliphatic rings. The van der Waals surface area contributed by atoms with E-state index in [1.54, 1.807) is 0 Å². The van der Waals surface area contributed by atoms with E-state index in [1.165, 1.54) is 5.56 Å². The molecule has 0 N–H and O–H groups in total. The number of allylic oxidation sites excluding steroid dienone is 1. The minimum atomic E-state index is 0. The third-order valence-corrected chi connectivity index (χ3v) is 1.67. The Morgan fingerprint density at radius 3 is 2.53 bits per heavy atom. The zero-order chi connectivity index (χ0) is 9.36. The van der Waals surface area contributed by atoms with Gasteiger partial charge in [0.15, 0.2) is 0 Å². The molecule has 1 aromatic carbocycles. The molecule has 3 heteroatoms. The van der Waals surface area contributed by atoms with Crippen molar-refractivity contribution in [3.8, 4) is 0 Å². The number of halogens is 1. The van der Waals surface area contributed by atoms with E-state index in [2.05, 4.69) is 25.1 Å². The molecule has 0 fully saturated rings. The third kappa shape index (κ3) is 9.12. The normalized spacial score (nSPS) is 9.40. The van der Waals surface area contributed by atoms with Crippen molar-refractivity contribution in [3.63, 3.8) is 0 Å². The van der Waals surface area contributed by atoms with E-state index in [-0.39, 0.29) is 40.0 Å². The van der Waals surface area contributed by atoms with Gasteiger partial charge < -0.3 is 21.7 Å². The van der Waals surface area contributed by atoms with Crippen LogP contribution in [0.4, 0.5) is 0 Å². The van der Waals surface area contributed by atoms with Crippen molar-refractivity contribution in [2.75, 3.05) is 6.61 Å². The van der Waals surface area contributed by atoms with Crippen molar-refractivity contribution in [1.29, 1.82) is 0 Å². The van der Waals surface area contributed by atoms with Crippen molar-refractivity contribution in [3.05, 3.63) is 48.0 Å². The second-order valence-corrected chi connectivity index (χ2v) is 2.80. The van der Waals surface area contributed by atoms with Gasteiger partial charge in [0.1, 0.15) is 0 Å². The summed E-state index contributed by atoms with van der Waals surface area (Å²) < 4.78 is 5.42. The Morgan fingerprint density at radius 2 is 1.93 bits per heavy atom. The average molecular weight is 279 g/mol. The molecule has 1 rings (SSSR count). The Hall–Kier alpha value is 0.166. The number of hydrogen-bond donors (Lipinski definition) is 0. The van der Waals surface area contributed by atoms with Crippen LogP contribution in [-0.4, -0.2) is 29.7 Å². The number of ether oxygens (including phenoxy) is 1. The zero-order valence-electron chi connectivity index (χ0n) is 9.08. The first-order valence-corrected chi connectivity index (χ1v) is 4.61. The summed E-state index contributed by atoms with van der Waals surface area (Å²) in [6.07, 6.45) is 5.23. The van der Waals surface area contributed by atoms with Crippen LogP contribution in [0.25, 0.3) is 0 Å². The molecule has 1 aromatic rings. The Balaban J connectivity index is 0. The largest absolute Gasteiger partial charge is 2.00 e. The molecular weight excluding hydrogens is 264 g/mol. The molecule has 0 atom stereocenters. The SMILES string of the molecule is CC/C=C\COCc1cc[c-]cc1.[Br-].[Mg+2]. The van der Waals surface area contributed by atoms with Crippen LogP contribution in [0.1, 0.15) is 18.9 Å². The molecule has 0 radical (unpaired) electrons. The summed E-state index contributed by atoms with van der Waals surface area (Å²) in [7, 11) is 0. The number of benzene rings is 1. The van der Waals surface area contributed by atoms with E-state index in [9.17, 15) is 0 Å². The predicted molar refractivity (Wildman–Crippen MR) is 60.1 cm³/mol. The summed E-state index contributed by atoms with van der Waals surface area (Å²) in [5, 5.41) is 0. The van der Waals surface area contributed by atoms with E-state index < -0.39 is 0 Å². The topological polar surface area (TPSA) is 9.23 Å². The first-order chi connectivity index (χ1) is 6.43. The zero-order valence-corrected chi connectivity index (χ0v) is 12.1. The van der Waals surface area contributed by atoms with Gasteiger partial charge in [0.2, 0.25) is 0 Å². The Bertz CT molecular complexity index is 249. The standard InChI is InChI=1S/C12H15O.BrH.Mg/c1-2-3-7-10-13-11-12-8-5-4-6-9-12;;/h3,5-9H,2,10-11H2,1H3;1H;/q-1;;+2/p-1/b7-3-;;. The van der Waals surface area contributed by atoms with Gasteiger partial charge in [-0.3, -0.25) is 0 Å². The maximum atomic E-state index is 5.42. The fourth-order valence-electron chi connectivity index (χ4n) is 0.997. The van der Waals surface area contributed by atoms with Gasteiger partial charge in [-0.2, -0.15) is 30.3 Å². The molecule has 78 valence electrons. The molecule has 0 unspecified atom stereocenters. The van der Waals surface area contributed by atoms with Crippen LogP contribution in [0.3, 0.4) is 0 Å². The quantitative estimate of drug-likeness (QED) is 0.308. The number of rotatable bonds is 5. The summed E-state index contributed by atoms with van der Waals surface area (Å²) in [5.74, 6) is 0. The fraction of sp³-hybridized carbons (Fsp3) is 0.333. The van der Waals surface area contributed by atoms with Crippen molar-refractivity contribution in [1.82, 2.24) is 0 Å². The Morgan fingerprint density at radius 1 is 1.27 bits per heavy atom. The Labute approximate surface area is 119 Å². The summed E-state index contributed by atoms with van der Waals surface area (Å²) >= 11 is 0. The molecule has 0 amide bonds. The van der Waals surface area contributed by atoms with Gasteiger partial charge in [0.05, 0.1) is 13.2 Å². The number of hydrogen-bond acceptors (Lipinski definition) is 1. The molecule has 0 saturated heterocycles. The third-order valence-electron chi connectivity index (χ3n) is 1.67.